The molecule has 1 heterocycles. The summed E-state index contributed by atoms with van der Waals surface area (Å²) in [5.74, 6) is -0.317. The maximum Gasteiger partial charge on any atom is 0.143 e. The smallest absolute Gasteiger partial charge is 0.143 e. The molecule has 1 aromatic heterocycles. The number of nitrogens with zero attached hydrogens (tertiary/aromatic N) is 1. The Hall–Kier alpha value is -6.90. The van der Waals surface area contributed by atoms with E-state index in [2.05, 4.69) is 91.0 Å². The zero-order valence-electron chi connectivity index (χ0n) is 33.3. The molecular weight excluding hydrogens is 655 g/mol. The Bertz CT molecular complexity index is 3430. The molecule has 2 heteroatoms. The van der Waals surface area contributed by atoms with Crippen LogP contribution in [0.1, 0.15) is 23.4 Å². The Morgan fingerprint density at radius 1 is 0.537 bits per heavy atom. The number of furan rings is 1. The van der Waals surface area contributed by atoms with Gasteiger partial charge in [-0.3, -0.25) is 0 Å². The summed E-state index contributed by atoms with van der Waals surface area (Å²) in [5.41, 5.74) is 5.58. The van der Waals surface area contributed by atoms with E-state index in [-0.39, 0.29) is 35.8 Å². The fourth-order valence-electron chi connectivity index (χ4n) is 8.39. The Morgan fingerprint density at radius 2 is 1.20 bits per heavy atom. The van der Waals surface area contributed by atoms with Crippen LogP contribution in [0, 0.1) is 0 Å². The summed E-state index contributed by atoms with van der Waals surface area (Å²) in [6, 6.07) is 53.2. The van der Waals surface area contributed by atoms with Crippen LogP contribution in [0.2, 0.25) is 0 Å². The first-order chi connectivity index (χ1) is 28.4. The second-order valence-corrected chi connectivity index (χ2v) is 14.1. The second-order valence-electron chi connectivity index (χ2n) is 14.1. The van der Waals surface area contributed by atoms with Crippen molar-refractivity contribution in [2.75, 3.05) is 4.90 Å². The molecule has 0 fully saturated rings. The fraction of sp³-hybridized carbons (Fsp3) is 0.0385. The zero-order valence-corrected chi connectivity index (χ0v) is 29.3. The molecule has 1 aliphatic rings. The highest BCUT2D eigenvalue weighted by atomic mass is 16.3. The van der Waals surface area contributed by atoms with Crippen molar-refractivity contribution in [2.45, 2.75) is 12.3 Å². The highest BCUT2D eigenvalue weighted by Gasteiger charge is 2.21. The molecule has 0 radical (unpaired) electrons. The lowest BCUT2D eigenvalue weighted by atomic mass is 9.89. The molecule has 2 nitrogen and oxygen atoms in total. The van der Waals surface area contributed by atoms with Crippen molar-refractivity contribution in [3.05, 3.63) is 198 Å². The van der Waals surface area contributed by atoms with Gasteiger partial charge in [0.1, 0.15) is 11.2 Å². The molecule has 54 heavy (non-hydrogen) atoms. The van der Waals surface area contributed by atoms with Crippen LogP contribution >= 0.6 is 0 Å². The Morgan fingerprint density at radius 3 is 2.06 bits per heavy atom. The molecule has 11 rings (SSSR count). The summed E-state index contributed by atoms with van der Waals surface area (Å²) in [4.78, 5) is 1.94. The predicted molar refractivity (Wildman–Crippen MR) is 228 cm³/mol. The van der Waals surface area contributed by atoms with Crippen molar-refractivity contribution in [3.8, 4) is 11.1 Å². The minimum atomic E-state index is -0.317. The molecule has 0 aliphatic heterocycles. The average Bonchev–Trinajstić information content (AvgIpc) is 3.66. The molecule has 9 aromatic carbocycles. The first-order valence-electron chi connectivity index (χ1n) is 20.5. The van der Waals surface area contributed by atoms with Gasteiger partial charge in [-0.2, -0.15) is 0 Å². The normalized spacial score (nSPS) is 15.0. The Kier molecular flexibility index (Phi) is 6.14. The van der Waals surface area contributed by atoms with Crippen molar-refractivity contribution in [3.63, 3.8) is 0 Å². The molecule has 254 valence electrons. The van der Waals surface area contributed by atoms with Gasteiger partial charge in [0.15, 0.2) is 0 Å². The van der Waals surface area contributed by atoms with Crippen molar-refractivity contribution >= 4 is 83.5 Å². The van der Waals surface area contributed by atoms with E-state index in [9.17, 15) is 5.48 Å². The predicted octanol–water partition coefficient (Wildman–Crippen LogP) is 12.9. The lowest BCUT2D eigenvalue weighted by Crippen LogP contribution is -2.29. The van der Waals surface area contributed by atoms with E-state index in [4.69, 9.17) is 4.42 Å². The van der Waals surface area contributed by atoms with Gasteiger partial charge in [-0.15, -0.1) is 0 Å². The van der Waals surface area contributed by atoms with Crippen LogP contribution in [0.25, 0.3) is 77.5 Å². The largest absolute Gasteiger partial charge is 0.455 e. The first-order valence-corrected chi connectivity index (χ1v) is 18.5. The van der Waals surface area contributed by atoms with Crippen molar-refractivity contribution in [2.24, 2.45) is 0 Å². The second kappa shape index (κ2) is 12.4. The SMILES string of the molecule is [2H]c1c([2H])c(N(c2ccccc2-c2ccc3oc4c5ccccc5ccc4c3c2)c2cccc3ccccc23)c([2H])c([2H])c1C1C=c2ccc3ccccc3c2=CC1. The molecule has 10 aromatic rings. The fourth-order valence-corrected chi connectivity index (χ4v) is 8.39. The number of para-hydroxylation sites is 1. The number of anilines is 3. The summed E-state index contributed by atoms with van der Waals surface area (Å²) >= 11 is 0. The third-order valence-corrected chi connectivity index (χ3v) is 11.0. The lowest BCUT2D eigenvalue weighted by molar-refractivity contribution is 0.672. The van der Waals surface area contributed by atoms with Crippen molar-refractivity contribution in [1.29, 1.82) is 0 Å². The van der Waals surface area contributed by atoms with E-state index < -0.39 is 0 Å². The van der Waals surface area contributed by atoms with Gasteiger partial charge >= 0.3 is 0 Å². The van der Waals surface area contributed by atoms with Crippen LogP contribution in [0.3, 0.4) is 0 Å². The van der Waals surface area contributed by atoms with Gasteiger partial charge in [-0.25, -0.2) is 0 Å². The number of fused-ring (bicyclic) bond motifs is 9. The average molecular weight is 694 g/mol. The van der Waals surface area contributed by atoms with Crippen LogP contribution in [0.4, 0.5) is 17.1 Å². The van der Waals surface area contributed by atoms with Crippen molar-refractivity contribution in [1.82, 2.24) is 0 Å². The summed E-state index contributed by atoms with van der Waals surface area (Å²) in [6.07, 6.45) is 4.87. The quantitative estimate of drug-likeness (QED) is 0.178. The van der Waals surface area contributed by atoms with Gasteiger partial charge < -0.3 is 9.32 Å². The molecule has 0 amide bonds. The van der Waals surface area contributed by atoms with Crippen LogP contribution in [0.5, 0.6) is 0 Å². The molecule has 0 spiro atoms. The van der Waals surface area contributed by atoms with Crippen LogP contribution in [0.15, 0.2) is 186 Å². The number of benzene rings is 9. The standard InChI is InChI=1S/C52H35NO/c1-4-14-42-36(11-1)20-21-39-32-38(25-29-43(39)42)34-22-27-41(28-23-34)53(50-19-9-13-35-10-2-5-15-44(35)50)49-18-8-7-16-45(49)40-26-31-51-48(33-40)47-30-24-37-12-3-6-17-46(37)52(47)54-51/h1-24,26-33,38H,25H2/i22D,23D,27D,28D. The molecule has 1 atom stereocenters. The third kappa shape index (κ3) is 4.95. The Labute approximate surface area is 318 Å². The van der Waals surface area contributed by atoms with Gasteiger partial charge in [-0.1, -0.05) is 152 Å². The topological polar surface area (TPSA) is 16.4 Å². The van der Waals surface area contributed by atoms with E-state index in [1.807, 2.05) is 83.8 Å². The van der Waals surface area contributed by atoms with Gasteiger partial charge in [0.25, 0.3) is 0 Å². The van der Waals surface area contributed by atoms with E-state index in [0.717, 1.165) is 76.4 Å². The molecule has 0 saturated heterocycles. The number of hydrogen-bond donors (Lipinski definition) is 0. The summed E-state index contributed by atoms with van der Waals surface area (Å²) in [6.45, 7) is 0. The van der Waals surface area contributed by atoms with Gasteiger partial charge in [0.05, 0.1) is 16.9 Å². The minimum Gasteiger partial charge on any atom is -0.455 e. The van der Waals surface area contributed by atoms with E-state index in [1.54, 1.807) is 0 Å². The summed E-state index contributed by atoms with van der Waals surface area (Å²) < 4.78 is 45.1. The number of rotatable bonds is 5. The zero-order chi connectivity index (χ0) is 39.1. The summed E-state index contributed by atoms with van der Waals surface area (Å²) in [7, 11) is 0. The molecule has 1 unspecified atom stereocenters. The minimum absolute atomic E-state index is 0.0314. The van der Waals surface area contributed by atoms with Crippen molar-refractivity contribution < 1.29 is 9.90 Å². The Balaban J connectivity index is 1.12. The first kappa shape index (κ1) is 26.8. The molecule has 0 N–H and O–H groups in total. The van der Waals surface area contributed by atoms with Gasteiger partial charge in [-0.05, 0) is 91.9 Å². The van der Waals surface area contributed by atoms with Gasteiger partial charge in [0, 0.05) is 38.7 Å². The molecule has 0 bridgehead atoms. The maximum absolute atomic E-state index is 9.73. The van der Waals surface area contributed by atoms with Crippen LogP contribution in [-0.2, 0) is 0 Å². The van der Waals surface area contributed by atoms with Gasteiger partial charge in [0.2, 0.25) is 0 Å². The molecular formula is C52H35NO. The number of hydrogen-bond acceptors (Lipinski definition) is 2. The van der Waals surface area contributed by atoms with Crippen LogP contribution < -0.4 is 15.3 Å². The monoisotopic (exact) mass is 693 g/mol. The molecule has 1 aliphatic carbocycles. The summed E-state index contributed by atoms with van der Waals surface area (Å²) in [5, 5.41) is 10.7. The third-order valence-electron chi connectivity index (χ3n) is 11.0. The highest BCUT2D eigenvalue weighted by molar-refractivity contribution is 6.16. The molecule has 0 saturated carbocycles. The van der Waals surface area contributed by atoms with E-state index >= 15 is 0 Å². The highest BCUT2D eigenvalue weighted by Crippen LogP contribution is 2.45. The van der Waals surface area contributed by atoms with Crippen LogP contribution in [-0.4, -0.2) is 0 Å². The maximum atomic E-state index is 9.73. The lowest BCUT2D eigenvalue weighted by Gasteiger charge is -2.29. The van der Waals surface area contributed by atoms with E-state index in [0.29, 0.717) is 12.0 Å². The van der Waals surface area contributed by atoms with E-state index in [1.165, 1.54) is 10.8 Å².